The molecule has 0 aromatic heterocycles. The van der Waals surface area contributed by atoms with Crippen LogP contribution in [0.3, 0.4) is 0 Å². The quantitative estimate of drug-likeness (QED) is 0.510. The number of hydrogen-bond donors (Lipinski definition) is 0. The van der Waals surface area contributed by atoms with Crippen molar-refractivity contribution in [2.75, 3.05) is 7.11 Å². The number of rotatable bonds is 3. The maximum atomic E-state index is 5.05. The van der Waals surface area contributed by atoms with Crippen molar-refractivity contribution < 1.29 is 4.74 Å². The first kappa shape index (κ1) is 7.70. The predicted octanol–water partition coefficient (Wildman–Crippen LogP) is 1.99. The fourth-order valence-corrected chi connectivity index (χ4v) is 0.596. The van der Waals surface area contributed by atoms with Gasteiger partial charge in [-0.2, -0.15) is 0 Å². The smallest absolute Gasteiger partial charge is 0.0749 e. The van der Waals surface area contributed by atoms with Gasteiger partial charge in [-0.3, -0.25) is 0 Å². The lowest BCUT2D eigenvalue weighted by atomic mass is 10.2. The van der Waals surface area contributed by atoms with Gasteiger partial charge in [-0.25, -0.2) is 0 Å². The normalized spacial score (nSPS) is 14.9. The van der Waals surface area contributed by atoms with E-state index in [4.69, 9.17) is 4.74 Å². The van der Waals surface area contributed by atoms with Crippen molar-refractivity contribution >= 4 is 0 Å². The lowest BCUT2D eigenvalue weighted by Crippen LogP contribution is -2.03. The molecule has 0 amide bonds. The van der Waals surface area contributed by atoms with Crippen molar-refractivity contribution in [3.63, 3.8) is 0 Å². The summed E-state index contributed by atoms with van der Waals surface area (Å²) in [5, 5.41) is 0. The summed E-state index contributed by atoms with van der Waals surface area (Å²) in [7, 11) is 1.73. The molecule has 0 radical (unpaired) electrons. The fourth-order valence-electron chi connectivity index (χ4n) is 0.596. The Bertz CT molecular complexity index is 62.8. The molecule has 0 spiro atoms. The van der Waals surface area contributed by atoms with Gasteiger partial charge in [0.25, 0.3) is 0 Å². The first-order chi connectivity index (χ1) is 3.85. The van der Waals surface area contributed by atoms with E-state index >= 15 is 0 Å². The van der Waals surface area contributed by atoms with Crippen LogP contribution in [0.4, 0.5) is 0 Å². The highest BCUT2D eigenvalue weighted by Crippen LogP contribution is 1.96. The van der Waals surface area contributed by atoms with Crippen molar-refractivity contribution in [1.29, 1.82) is 0 Å². The van der Waals surface area contributed by atoms with Crippen LogP contribution in [0.25, 0.3) is 0 Å². The van der Waals surface area contributed by atoms with E-state index in [9.17, 15) is 0 Å². The molecule has 0 aliphatic carbocycles. The molecule has 8 heavy (non-hydrogen) atoms. The Labute approximate surface area is 51.4 Å². The van der Waals surface area contributed by atoms with Gasteiger partial charge in [0.1, 0.15) is 0 Å². The largest absolute Gasteiger partial charge is 0.377 e. The Morgan fingerprint density at radius 2 is 2.25 bits per heavy atom. The summed E-state index contributed by atoms with van der Waals surface area (Å²) in [6.07, 6.45) is 5.44. The first-order valence-electron chi connectivity index (χ1n) is 3.00. The molecule has 48 valence electrons. The SMILES string of the molecule is C/C=C/C(CC)OC. The lowest BCUT2D eigenvalue weighted by Gasteiger charge is -2.04. The summed E-state index contributed by atoms with van der Waals surface area (Å²) in [4.78, 5) is 0. The van der Waals surface area contributed by atoms with E-state index in [-0.39, 0.29) is 0 Å². The average molecular weight is 114 g/mol. The molecule has 0 saturated carbocycles. The number of hydrogen-bond acceptors (Lipinski definition) is 1. The average Bonchev–Trinajstić information content (AvgIpc) is 1.83. The zero-order chi connectivity index (χ0) is 6.41. The molecule has 0 aromatic carbocycles. The lowest BCUT2D eigenvalue weighted by molar-refractivity contribution is 0.138. The van der Waals surface area contributed by atoms with Gasteiger partial charge >= 0.3 is 0 Å². The van der Waals surface area contributed by atoms with Crippen molar-refractivity contribution in [1.82, 2.24) is 0 Å². The molecule has 0 N–H and O–H groups in total. The van der Waals surface area contributed by atoms with Crippen LogP contribution >= 0.6 is 0 Å². The summed E-state index contributed by atoms with van der Waals surface area (Å²) in [5.74, 6) is 0. The van der Waals surface area contributed by atoms with E-state index in [2.05, 4.69) is 13.0 Å². The summed E-state index contributed by atoms with van der Waals surface area (Å²) in [6, 6.07) is 0. The highest BCUT2D eigenvalue weighted by atomic mass is 16.5. The molecule has 1 heteroatoms. The zero-order valence-electron chi connectivity index (χ0n) is 5.85. The molecule has 0 fully saturated rings. The Balaban J connectivity index is 3.36. The van der Waals surface area contributed by atoms with Crippen LogP contribution in [0.1, 0.15) is 20.3 Å². The molecular formula is C7H14O. The van der Waals surface area contributed by atoms with Crippen molar-refractivity contribution in [3.05, 3.63) is 12.2 Å². The Morgan fingerprint density at radius 1 is 1.62 bits per heavy atom. The van der Waals surface area contributed by atoms with E-state index in [0.717, 1.165) is 6.42 Å². The van der Waals surface area contributed by atoms with Gasteiger partial charge in [-0.15, -0.1) is 0 Å². The van der Waals surface area contributed by atoms with Gasteiger partial charge in [0.05, 0.1) is 6.10 Å². The van der Waals surface area contributed by atoms with Crippen LogP contribution < -0.4 is 0 Å². The van der Waals surface area contributed by atoms with Crippen LogP contribution in [-0.4, -0.2) is 13.2 Å². The van der Waals surface area contributed by atoms with E-state index in [1.165, 1.54) is 0 Å². The number of allylic oxidation sites excluding steroid dienone is 1. The second kappa shape index (κ2) is 4.85. The molecule has 0 aliphatic rings. The number of methoxy groups -OCH3 is 1. The van der Waals surface area contributed by atoms with E-state index in [1.807, 2.05) is 13.0 Å². The van der Waals surface area contributed by atoms with Gasteiger partial charge in [0.2, 0.25) is 0 Å². The van der Waals surface area contributed by atoms with E-state index in [1.54, 1.807) is 7.11 Å². The molecule has 0 heterocycles. The van der Waals surface area contributed by atoms with E-state index in [0.29, 0.717) is 6.10 Å². The second-order valence-electron chi connectivity index (χ2n) is 1.71. The van der Waals surface area contributed by atoms with Crippen LogP contribution in [0.5, 0.6) is 0 Å². The van der Waals surface area contributed by atoms with Crippen LogP contribution in [-0.2, 0) is 4.74 Å². The van der Waals surface area contributed by atoms with E-state index < -0.39 is 0 Å². The molecule has 1 unspecified atom stereocenters. The second-order valence-corrected chi connectivity index (χ2v) is 1.71. The highest BCUT2D eigenvalue weighted by Gasteiger charge is 1.93. The fraction of sp³-hybridized carbons (Fsp3) is 0.714. The van der Waals surface area contributed by atoms with Crippen molar-refractivity contribution in [2.45, 2.75) is 26.4 Å². The zero-order valence-corrected chi connectivity index (χ0v) is 5.85. The minimum absolute atomic E-state index is 0.319. The standard InChI is InChI=1S/C7H14O/c1-4-6-7(5-2)8-3/h4,6-7H,5H2,1-3H3/b6-4+. The monoisotopic (exact) mass is 114 g/mol. The summed E-state index contributed by atoms with van der Waals surface area (Å²) in [5.41, 5.74) is 0. The van der Waals surface area contributed by atoms with Crippen molar-refractivity contribution in [2.24, 2.45) is 0 Å². The third-order valence-electron chi connectivity index (χ3n) is 1.11. The summed E-state index contributed by atoms with van der Waals surface area (Å²) in [6.45, 7) is 4.11. The Morgan fingerprint density at radius 3 is 2.38 bits per heavy atom. The van der Waals surface area contributed by atoms with Crippen molar-refractivity contribution in [3.8, 4) is 0 Å². The first-order valence-corrected chi connectivity index (χ1v) is 3.00. The molecule has 0 rings (SSSR count). The minimum Gasteiger partial charge on any atom is -0.377 e. The summed E-state index contributed by atoms with van der Waals surface area (Å²) >= 11 is 0. The van der Waals surface area contributed by atoms with Crippen LogP contribution in [0.2, 0.25) is 0 Å². The third-order valence-corrected chi connectivity index (χ3v) is 1.11. The highest BCUT2D eigenvalue weighted by molar-refractivity contribution is 4.85. The Hall–Kier alpha value is -0.300. The number of ether oxygens (including phenoxy) is 1. The van der Waals surface area contributed by atoms with Gasteiger partial charge < -0.3 is 4.74 Å². The molecule has 0 bridgehead atoms. The van der Waals surface area contributed by atoms with Gasteiger partial charge in [-0.05, 0) is 13.3 Å². The third kappa shape index (κ3) is 2.80. The molecule has 0 saturated heterocycles. The van der Waals surface area contributed by atoms with Gasteiger partial charge in [0, 0.05) is 7.11 Å². The maximum Gasteiger partial charge on any atom is 0.0749 e. The predicted molar refractivity (Wildman–Crippen MR) is 35.9 cm³/mol. The molecular weight excluding hydrogens is 100 g/mol. The minimum atomic E-state index is 0.319. The van der Waals surface area contributed by atoms with Crippen LogP contribution in [0, 0.1) is 0 Å². The molecule has 1 nitrogen and oxygen atoms in total. The summed E-state index contributed by atoms with van der Waals surface area (Å²) < 4.78 is 5.05. The Kier molecular flexibility index (Phi) is 4.67. The maximum absolute atomic E-state index is 5.05. The van der Waals surface area contributed by atoms with Gasteiger partial charge in [0.15, 0.2) is 0 Å². The molecule has 0 aromatic rings. The van der Waals surface area contributed by atoms with Gasteiger partial charge in [-0.1, -0.05) is 19.1 Å². The topological polar surface area (TPSA) is 9.23 Å². The van der Waals surface area contributed by atoms with Crippen LogP contribution in [0.15, 0.2) is 12.2 Å². The molecule has 1 atom stereocenters. The molecule has 0 aliphatic heterocycles.